The Morgan fingerprint density at radius 3 is 2.54 bits per heavy atom. The second-order valence-corrected chi connectivity index (χ2v) is 3.66. The number of nitrogens with one attached hydrogen (secondary N) is 1. The van der Waals surface area contributed by atoms with Gasteiger partial charge in [0.05, 0.1) is 7.11 Å². The van der Waals surface area contributed by atoms with Crippen LogP contribution in [0.2, 0.25) is 0 Å². The molecule has 0 heterocycles. The Morgan fingerprint density at radius 1 is 1.46 bits per heavy atom. The molecular weight excluding hydrogens is 300 g/mol. The third-order valence-corrected chi connectivity index (χ3v) is 2.80. The van der Waals surface area contributed by atoms with Crippen LogP contribution in [0.1, 0.15) is 11.1 Å². The third kappa shape index (κ3) is 3.15. The van der Waals surface area contributed by atoms with E-state index in [1.54, 1.807) is 0 Å². The van der Waals surface area contributed by atoms with Crippen molar-refractivity contribution in [3.05, 3.63) is 32.9 Å². The van der Waals surface area contributed by atoms with Crippen LogP contribution in [0.3, 0.4) is 0 Å². The van der Waals surface area contributed by atoms with E-state index in [1.807, 2.05) is 25.1 Å². The lowest BCUT2D eigenvalue weighted by atomic mass is 10.1. The highest BCUT2D eigenvalue weighted by Gasteiger charge is 2.02. The maximum absolute atomic E-state index is 7.42. The number of rotatable bonds is 1. The van der Waals surface area contributed by atoms with Crippen molar-refractivity contribution in [3.8, 4) is 0 Å². The molecule has 2 nitrogen and oxygen atoms in total. The molecule has 0 spiro atoms. The SMILES string of the molecule is COC(=N)c1ccc(C)c(I)c1.Cl. The Bertz CT molecular complexity index is 314. The molecule has 13 heavy (non-hydrogen) atoms. The molecular formula is C9H11ClINO. The number of hydrogen-bond donors (Lipinski definition) is 1. The van der Waals surface area contributed by atoms with E-state index in [-0.39, 0.29) is 18.3 Å². The normalized spacial score (nSPS) is 8.85. The number of ether oxygens (including phenoxy) is 1. The summed E-state index contributed by atoms with van der Waals surface area (Å²) >= 11 is 2.25. The maximum atomic E-state index is 7.42. The molecule has 0 saturated heterocycles. The van der Waals surface area contributed by atoms with Gasteiger partial charge in [-0.05, 0) is 47.2 Å². The van der Waals surface area contributed by atoms with Crippen LogP contribution in [-0.4, -0.2) is 13.0 Å². The summed E-state index contributed by atoms with van der Waals surface area (Å²) in [4.78, 5) is 0. The van der Waals surface area contributed by atoms with E-state index in [9.17, 15) is 0 Å². The zero-order valence-corrected chi connectivity index (χ0v) is 10.4. The maximum Gasteiger partial charge on any atom is 0.212 e. The van der Waals surface area contributed by atoms with E-state index in [0.717, 1.165) is 9.13 Å². The van der Waals surface area contributed by atoms with Crippen molar-refractivity contribution in [2.75, 3.05) is 7.11 Å². The topological polar surface area (TPSA) is 33.1 Å². The van der Waals surface area contributed by atoms with Crippen molar-refractivity contribution in [1.82, 2.24) is 0 Å². The first-order chi connectivity index (χ1) is 5.65. The van der Waals surface area contributed by atoms with Crippen LogP contribution < -0.4 is 0 Å². The number of benzene rings is 1. The molecule has 0 saturated carbocycles. The second-order valence-electron chi connectivity index (χ2n) is 2.50. The molecule has 0 aliphatic rings. The van der Waals surface area contributed by atoms with Gasteiger partial charge in [-0.1, -0.05) is 6.07 Å². The summed E-state index contributed by atoms with van der Waals surface area (Å²) in [5.41, 5.74) is 2.05. The van der Waals surface area contributed by atoms with Gasteiger partial charge in [0, 0.05) is 9.13 Å². The number of hydrogen-bond acceptors (Lipinski definition) is 2. The number of methoxy groups -OCH3 is 1. The van der Waals surface area contributed by atoms with Gasteiger partial charge in [-0.25, -0.2) is 0 Å². The zero-order valence-electron chi connectivity index (χ0n) is 7.43. The van der Waals surface area contributed by atoms with Crippen molar-refractivity contribution in [2.45, 2.75) is 6.92 Å². The van der Waals surface area contributed by atoms with Crippen molar-refractivity contribution in [2.24, 2.45) is 0 Å². The van der Waals surface area contributed by atoms with Crippen LogP contribution >= 0.6 is 35.0 Å². The molecule has 0 aliphatic heterocycles. The molecule has 0 unspecified atom stereocenters. The summed E-state index contributed by atoms with van der Waals surface area (Å²) in [6, 6.07) is 5.83. The number of aryl methyl sites for hydroxylation is 1. The highest BCUT2D eigenvalue weighted by atomic mass is 127. The number of halogens is 2. The van der Waals surface area contributed by atoms with Gasteiger partial charge >= 0.3 is 0 Å². The van der Waals surface area contributed by atoms with Crippen molar-refractivity contribution >= 4 is 40.9 Å². The summed E-state index contributed by atoms with van der Waals surface area (Å²) in [6.07, 6.45) is 0. The molecule has 72 valence electrons. The molecule has 1 aromatic rings. The predicted octanol–water partition coefficient (Wildman–Crippen LogP) is 2.99. The third-order valence-electron chi connectivity index (χ3n) is 1.64. The first-order valence-electron chi connectivity index (χ1n) is 3.54. The lowest BCUT2D eigenvalue weighted by molar-refractivity contribution is 0.401. The van der Waals surface area contributed by atoms with Gasteiger partial charge < -0.3 is 4.74 Å². The van der Waals surface area contributed by atoms with E-state index in [1.165, 1.54) is 12.7 Å². The average Bonchev–Trinajstić information content (AvgIpc) is 2.08. The Balaban J connectivity index is 0.00000144. The molecule has 0 aromatic heterocycles. The molecule has 4 heteroatoms. The molecule has 0 aliphatic carbocycles. The highest BCUT2D eigenvalue weighted by molar-refractivity contribution is 14.1. The fourth-order valence-electron chi connectivity index (χ4n) is 0.852. The molecule has 1 aromatic carbocycles. The monoisotopic (exact) mass is 311 g/mol. The summed E-state index contributed by atoms with van der Waals surface area (Å²) in [6.45, 7) is 2.04. The molecule has 1 N–H and O–H groups in total. The van der Waals surface area contributed by atoms with E-state index in [0.29, 0.717) is 0 Å². The molecule has 0 atom stereocenters. The van der Waals surface area contributed by atoms with Gasteiger partial charge in [-0.2, -0.15) is 0 Å². The fourth-order valence-corrected chi connectivity index (χ4v) is 1.37. The Morgan fingerprint density at radius 2 is 2.08 bits per heavy atom. The first kappa shape index (κ1) is 12.7. The van der Waals surface area contributed by atoms with Gasteiger partial charge in [0.15, 0.2) is 0 Å². The van der Waals surface area contributed by atoms with Crippen molar-refractivity contribution < 1.29 is 4.74 Å². The Kier molecular flexibility index (Phi) is 5.32. The molecule has 0 fully saturated rings. The van der Waals surface area contributed by atoms with Gasteiger partial charge in [-0.15, -0.1) is 12.4 Å². The molecule has 1 rings (SSSR count). The van der Waals surface area contributed by atoms with Crippen LogP contribution in [0.15, 0.2) is 18.2 Å². The lowest BCUT2D eigenvalue weighted by Crippen LogP contribution is -2.01. The second kappa shape index (κ2) is 5.44. The summed E-state index contributed by atoms with van der Waals surface area (Å²) in [7, 11) is 1.51. The van der Waals surface area contributed by atoms with Crippen LogP contribution in [0.4, 0.5) is 0 Å². The van der Waals surface area contributed by atoms with Gasteiger partial charge in [0.1, 0.15) is 0 Å². The predicted molar refractivity (Wildman–Crippen MR) is 65.0 cm³/mol. The Hall–Kier alpha value is -0.290. The minimum atomic E-state index is 0. The van der Waals surface area contributed by atoms with Crippen LogP contribution in [0.25, 0.3) is 0 Å². The van der Waals surface area contributed by atoms with E-state index < -0.39 is 0 Å². The average molecular weight is 312 g/mol. The van der Waals surface area contributed by atoms with Crippen LogP contribution in [0.5, 0.6) is 0 Å². The van der Waals surface area contributed by atoms with Crippen molar-refractivity contribution in [1.29, 1.82) is 5.41 Å². The molecule has 0 radical (unpaired) electrons. The minimum Gasteiger partial charge on any atom is -0.481 e. The summed E-state index contributed by atoms with van der Waals surface area (Å²) in [5, 5.41) is 7.42. The van der Waals surface area contributed by atoms with E-state index in [4.69, 9.17) is 10.1 Å². The first-order valence-corrected chi connectivity index (χ1v) is 4.62. The van der Waals surface area contributed by atoms with E-state index in [2.05, 4.69) is 22.6 Å². The summed E-state index contributed by atoms with van der Waals surface area (Å²) in [5.74, 6) is 0.216. The van der Waals surface area contributed by atoms with Gasteiger partial charge in [-0.3, -0.25) is 5.41 Å². The minimum absolute atomic E-state index is 0. The summed E-state index contributed by atoms with van der Waals surface area (Å²) < 4.78 is 5.97. The fraction of sp³-hybridized carbons (Fsp3) is 0.222. The largest absolute Gasteiger partial charge is 0.481 e. The smallest absolute Gasteiger partial charge is 0.212 e. The molecule has 0 amide bonds. The Labute approximate surface area is 97.7 Å². The van der Waals surface area contributed by atoms with Crippen LogP contribution in [0, 0.1) is 15.9 Å². The quantitative estimate of drug-likeness (QED) is 0.483. The standard InChI is InChI=1S/C9H10INO.ClH/c1-6-3-4-7(5-8(6)10)9(11)12-2;/h3-5,11H,1-2H3;1H. The highest BCUT2D eigenvalue weighted by Crippen LogP contribution is 2.13. The van der Waals surface area contributed by atoms with Gasteiger partial charge in [0.2, 0.25) is 5.90 Å². The van der Waals surface area contributed by atoms with Crippen molar-refractivity contribution in [3.63, 3.8) is 0 Å². The van der Waals surface area contributed by atoms with Gasteiger partial charge in [0.25, 0.3) is 0 Å². The molecule has 0 bridgehead atoms. The van der Waals surface area contributed by atoms with E-state index >= 15 is 0 Å². The lowest BCUT2D eigenvalue weighted by Gasteiger charge is -2.03. The zero-order chi connectivity index (χ0) is 9.14. The van der Waals surface area contributed by atoms with Crippen LogP contribution in [-0.2, 0) is 4.74 Å².